The van der Waals surface area contributed by atoms with Gasteiger partial charge in [0.1, 0.15) is 5.75 Å². The SMILES string of the molecule is Cc1cncc(Oc2nc3[nH]c(=O)n(C)c(=O)c3[nH]2)c1. The van der Waals surface area contributed by atoms with Gasteiger partial charge in [-0.05, 0) is 18.6 Å². The molecule has 0 aromatic carbocycles. The van der Waals surface area contributed by atoms with Crippen molar-refractivity contribution in [1.29, 1.82) is 0 Å². The molecule has 3 rings (SSSR count). The third kappa shape index (κ3) is 1.96. The van der Waals surface area contributed by atoms with Crippen LogP contribution in [0.2, 0.25) is 0 Å². The topological polar surface area (TPSA) is 106 Å². The van der Waals surface area contributed by atoms with Gasteiger partial charge in [-0.3, -0.25) is 19.3 Å². The van der Waals surface area contributed by atoms with Gasteiger partial charge in [0.25, 0.3) is 5.56 Å². The average molecular weight is 273 g/mol. The fourth-order valence-corrected chi connectivity index (χ4v) is 1.78. The van der Waals surface area contributed by atoms with Crippen molar-refractivity contribution in [2.24, 2.45) is 7.05 Å². The highest BCUT2D eigenvalue weighted by molar-refractivity contribution is 5.69. The predicted octanol–water partition coefficient (Wildman–Crippen LogP) is 0.446. The molecule has 0 bridgehead atoms. The van der Waals surface area contributed by atoms with Crippen molar-refractivity contribution in [2.45, 2.75) is 6.92 Å². The van der Waals surface area contributed by atoms with Crippen LogP contribution in [-0.2, 0) is 7.05 Å². The molecule has 0 amide bonds. The number of ether oxygens (including phenoxy) is 1. The van der Waals surface area contributed by atoms with Gasteiger partial charge in [-0.1, -0.05) is 0 Å². The molecule has 0 aliphatic rings. The molecule has 0 unspecified atom stereocenters. The van der Waals surface area contributed by atoms with Crippen LogP contribution >= 0.6 is 0 Å². The quantitative estimate of drug-likeness (QED) is 0.705. The number of nitrogens with zero attached hydrogens (tertiary/aromatic N) is 3. The normalized spacial score (nSPS) is 10.9. The number of imidazole rings is 1. The second-order valence-electron chi connectivity index (χ2n) is 4.36. The Labute approximate surface area is 112 Å². The molecule has 20 heavy (non-hydrogen) atoms. The largest absolute Gasteiger partial charge is 0.424 e. The molecule has 3 aromatic heterocycles. The molecular weight excluding hydrogens is 262 g/mol. The molecule has 3 heterocycles. The summed E-state index contributed by atoms with van der Waals surface area (Å²) in [5.41, 5.74) is 0.283. The van der Waals surface area contributed by atoms with E-state index in [4.69, 9.17) is 4.74 Å². The molecule has 8 nitrogen and oxygen atoms in total. The van der Waals surface area contributed by atoms with E-state index in [1.165, 1.54) is 13.2 Å². The molecule has 0 spiro atoms. The van der Waals surface area contributed by atoms with Crippen LogP contribution in [0, 0.1) is 6.92 Å². The number of nitrogens with one attached hydrogen (secondary N) is 2. The van der Waals surface area contributed by atoms with Crippen LogP contribution in [0.25, 0.3) is 11.2 Å². The number of hydrogen-bond acceptors (Lipinski definition) is 5. The van der Waals surface area contributed by atoms with Gasteiger partial charge < -0.3 is 9.72 Å². The van der Waals surface area contributed by atoms with Crippen molar-refractivity contribution in [3.05, 3.63) is 44.9 Å². The minimum atomic E-state index is -0.530. The number of aromatic nitrogens is 5. The first-order chi connectivity index (χ1) is 9.54. The van der Waals surface area contributed by atoms with Gasteiger partial charge in [-0.25, -0.2) is 4.79 Å². The minimum Gasteiger partial charge on any atom is -0.424 e. The molecular formula is C12H11N5O3. The Bertz CT molecular complexity index is 905. The van der Waals surface area contributed by atoms with Gasteiger partial charge in [0.05, 0.1) is 6.20 Å². The smallest absolute Gasteiger partial charge is 0.329 e. The van der Waals surface area contributed by atoms with E-state index in [2.05, 4.69) is 19.9 Å². The van der Waals surface area contributed by atoms with Crippen LogP contribution in [0.3, 0.4) is 0 Å². The van der Waals surface area contributed by atoms with Crippen molar-refractivity contribution in [1.82, 2.24) is 24.5 Å². The Morgan fingerprint density at radius 1 is 1.25 bits per heavy atom. The van der Waals surface area contributed by atoms with Crippen LogP contribution in [0.1, 0.15) is 5.56 Å². The molecule has 8 heteroatoms. The van der Waals surface area contributed by atoms with Crippen LogP contribution in [-0.4, -0.2) is 24.5 Å². The number of pyridine rings is 1. The van der Waals surface area contributed by atoms with Crippen molar-refractivity contribution in [3.8, 4) is 11.8 Å². The van der Waals surface area contributed by atoms with E-state index in [0.29, 0.717) is 5.75 Å². The molecule has 0 aliphatic carbocycles. The third-order valence-corrected chi connectivity index (χ3v) is 2.79. The van der Waals surface area contributed by atoms with E-state index in [0.717, 1.165) is 10.1 Å². The number of aromatic amines is 2. The molecule has 0 fully saturated rings. The highest BCUT2D eigenvalue weighted by atomic mass is 16.5. The fraction of sp³-hybridized carbons (Fsp3) is 0.167. The Balaban J connectivity index is 2.08. The highest BCUT2D eigenvalue weighted by Crippen LogP contribution is 2.19. The second kappa shape index (κ2) is 4.34. The lowest BCUT2D eigenvalue weighted by molar-refractivity contribution is 0.446. The molecule has 3 aromatic rings. The van der Waals surface area contributed by atoms with Gasteiger partial charge in [-0.2, -0.15) is 4.98 Å². The maximum atomic E-state index is 11.9. The van der Waals surface area contributed by atoms with Crippen LogP contribution in [0.15, 0.2) is 28.0 Å². The molecule has 0 saturated heterocycles. The zero-order valence-electron chi connectivity index (χ0n) is 10.8. The van der Waals surface area contributed by atoms with Crippen LogP contribution in [0.5, 0.6) is 11.8 Å². The van der Waals surface area contributed by atoms with Gasteiger partial charge in [0, 0.05) is 13.2 Å². The third-order valence-electron chi connectivity index (χ3n) is 2.79. The first kappa shape index (κ1) is 12.2. The van der Waals surface area contributed by atoms with E-state index >= 15 is 0 Å². The Morgan fingerprint density at radius 3 is 2.80 bits per heavy atom. The number of hydrogen-bond donors (Lipinski definition) is 2. The van der Waals surface area contributed by atoms with Crippen LogP contribution < -0.4 is 16.0 Å². The summed E-state index contributed by atoms with van der Waals surface area (Å²) in [6.07, 6.45) is 3.22. The summed E-state index contributed by atoms with van der Waals surface area (Å²) in [5, 5.41) is 0. The highest BCUT2D eigenvalue weighted by Gasteiger charge is 2.11. The summed E-state index contributed by atoms with van der Waals surface area (Å²) in [6.45, 7) is 1.88. The van der Waals surface area contributed by atoms with Gasteiger partial charge in [0.15, 0.2) is 11.2 Å². The van der Waals surface area contributed by atoms with Crippen molar-refractivity contribution >= 4 is 11.2 Å². The van der Waals surface area contributed by atoms with E-state index < -0.39 is 11.2 Å². The average Bonchev–Trinajstić information content (AvgIpc) is 2.79. The number of fused-ring (bicyclic) bond motifs is 1. The standard InChI is InChI=1S/C12H11N5O3/c1-6-3-7(5-13-4-6)20-11-14-8-9(15-11)16-12(19)17(2)10(8)18/h3-5H,1-2H3,(H,14,15)(H,16,19). The maximum Gasteiger partial charge on any atom is 0.329 e. The molecule has 0 saturated carbocycles. The molecule has 2 N–H and O–H groups in total. The zero-order valence-corrected chi connectivity index (χ0v) is 10.8. The Kier molecular flexibility index (Phi) is 2.63. The Hall–Kier alpha value is -2.90. The number of H-pyrrole nitrogens is 2. The lowest BCUT2D eigenvalue weighted by atomic mass is 10.3. The summed E-state index contributed by atoms with van der Waals surface area (Å²) in [6, 6.07) is 1.90. The van der Waals surface area contributed by atoms with E-state index in [9.17, 15) is 9.59 Å². The lowest BCUT2D eigenvalue weighted by Gasteiger charge is -2.00. The van der Waals surface area contributed by atoms with Crippen molar-refractivity contribution in [3.63, 3.8) is 0 Å². The van der Waals surface area contributed by atoms with E-state index in [1.54, 1.807) is 12.3 Å². The molecule has 0 atom stereocenters. The van der Waals surface area contributed by atoms with Gasteiger partial charge in [0.2, 0.25) is 0 Å². The summed E-state index contributed by atoms with van der Waals surface area (Å²) in [5.74, 6) is 0.489. The van der Waals surface area contributed by atoms with Crippen molar-refractivity contribution < 1.29 is 4.74 Å². The predicted molar refractivity (Wildman–Crippen MR) is 71.0 cm³/mol. The fourth-order valence-electron chi connectivity index (χ4n) is 1.78. The minimum absolute atomic E-state index is 0.117. The maximum absolute atomic E-state index is 11.9. The monoisotopic (exact) mass is 273 g/mol. The lowest BCUT2D eigenvalue weighted by Crippen LogP contribution is -2.32. The zero-order chi connectivity index (χ0) is 14.3. The number of rotatable bonds is 2. The summed E-state index contributed by atoms with van der Waals surface area (Å²) < 4.78 is 6.44. The molecule has 0 radical (unpaired) electrons. The summed E-state index contributed by atoms with van der Waals surface area (Å²) in [4.78, 5) is 36.6. The number of aryl methyl sites for hydroxylation is 1. The summed E-state index contributed by atoms with van der Waals surface area (Å²) >= 11 is 0. The van der Waals surface area contributed by atoms with Gasteiger partial charge in [-0.15, -0.1) is 0 Å². The molecule has 102 valence electrons. The first-order valence-corrected chi connectivity index (χ1v) is 5.83. The van der Waals surface area contributed by atoms with Gasteiger partial charge >= 0.3 is 11.7 Å². The van der Waals surface area contributed by atoms with E-state index in [-0.39, 0.29) is 17.2 Å². The van der Waals surface area contributed by atoms with Crippen LogP contribution in [0.4, 0.5) is 0 Å². The first-order valence-electron chi connectivity index (χ1n) is 5.83. The Morgan fingerprint density at radius 2 is 2.05 bits per heavy atom. The van der Waals surface area contributed by atoms with Crippen molar-refractivity contribution in [2.75, 3.05) is 0 Å². The summed E-state index contributed by atoms with van der Waals surface area (Å²) in [7, 11) is 1.38. The molecule has 0 aliphatic heterocycles. The van der Waals surface area contributed by atoms with E-state index in [1.807, 2.05) is 6.92 Å². The second-order valence-corrected chi connectivity index (χ2v) is 4.36.